The van der Waals surface area contributed by atoms with Crippen LogP contribution < -0.4 is 15.5 Å². The smallest absolute Gasteiger partial charge is 0.225 e. The average molecular weight is 544 g/mol. The van der Waals surface area contributed by atoms with Gasteiger partial charge in [0.1, 0.15) is 0 Å². The van der Waals surface area contributed by atoms with E-state index in [0.29, 0.717) is 44.1 Å². The molecule has 31 heavy (non-hydrogen) atoms. The minimum atomic E-state index is 0. The third-order valence-electron chi connectivity index (χ3n) is 6.02. The van der Waals surface area contributed by atoms with Gasteiger partial charge in [-0.05, 0) is 25.8 Å². The van der Waals surface area contributed by atoms with Crippen LogP contribution in [-0.4, -0.2) is 96.6 Å². The highest BCUT2D eigenvalue weighted by Crippen LogP contribution is 2.18. The number of amides is 1. The molecule has 0 saturated carbocycles. The summed E-state index contributed by atoms with van der Waals surface area (Å²) in [5.74, 6) is 2.25. The minimum Gasteiger partial charge on any atom is -0.356 e. The van der Waals surface area contributed by atoms with Crippen molar-refractivity contribution in [1.82, 2.24) is 30.4 Å². The second-order valence-electron chi connectivity index (χ2n) is 8.44. The van der Waals surface area contributed by atoms with Crippen LogP contribution in [0.3, 0.4) is 0 Å². The molecular formula is C21H37IN8O. The van der Waals surface area contributed by atoms with Gasteiger partial charge in [0.2, 0.25) is 11.9 Å². The van der Waals surface area contributed by atoms with Gasteiger partial charge in [-0.15, -0.1) is 24.0 Å². The third kappa shape index (κ3) is 7.16. The summed E-state index contributed by atoms with van der Waals surface area (Å²) in [5.41, 5.74) is 0. The summed E-state index contributed by atoms with van der Waals surface area (Å²) < 4.78 is 0. The quantitative estimate of drug-likeness (QED) is 0.314. The SMILES string of the molecule is CN=C(NCCC(=O)N1CCN(c2ncccn2)CC1)NC1CN(C(C)C)CC1C.I. The van der Waals surface area contributed by atoms with Crippen LogP contribution in [0.25, 0.3) is 0 Å². The molecule has 3 heterocycles. The van der Waals surface area contributed by atoms with Crippen molar-refractivity contribution >= 4 is 41.8 Å². The topological polar surface area (TPSA) is 89.0 Å². The normalized spacial score (nSPS) is 22.4. The number of anilines is 1. The number of aromatic nitrogens is 2. The Kier molecular flexibility index (Phi) is 10.2. The lowest BCUT2D eigenvalue weighted by Crippen LogP contribution is -2.50. The molecule has 9 nitrogen and oxygen atoms in total. The molecule has 1 aromatic rings. The Hall–Kier alpha value is -1.69. The Bertz CT molecular complexity index is 709. The van der Waals surface area contributed by atoms with Crippen LogP contribution in [-0.2, 0) is 4.79 Å². The van der Waals surface area contributed by atoms with Gasteiger partial charge >= 0.3 is 0 Å². The van der Waals surface area contributed by atoms with E-state index in [2.05, 4.69) is 56.2 Å². The van der Waals surface area contributed by atoms with E-state index in [9.17, 15) is 4.79 Å². The van der Waals surface area contributed by atoms with E-state index in [0.717, 1.165) is 38.1 Å². The van der Waals surface area contributed by atoms with Crippen LogP contribution in [0.15, 0.2) is 23.5 Å². The number of nitrogens with zero attached hydrogens (tertiary/aromatic N) is 6. The summed E-state index contributed by atoms with van der Waals surface area (Å²) in [5, 5.41) is 6.84. The lowest BCUT2D eigenvalue weighted by molar-refractivity contribution is -0.131. The summed E-state index contributed by atoms with van der Waals surface area (Å²) in [6.45, 7) is 12.4. The first-order valence-corrected chi connectivity index (χ1v) is 11.0. The standard InChI is InChI=1S/C21H36N8O.HI/c1-16(2)29-14-17(3)18(15-29)26-20(22-4)23-9-6-19(30)27-10-12-28(13-11-27)21-24-7-5-8-25-21;/h5,7-8,16-18H,6,9-15H2,1-4H3,(H2,22,23,26);1H. The zero-order chi connectivity index (χ0) is 21.5. The number of piperazine rings is 1. The van der Waals surface area contributed by atoms with Crippen LogP contribution in [0.2, 0.25) is 0 Å². The summed E-state index contributed by atoms with van der Waals surface area (Å²) >= 11 is 0. The molecule has 10 heteroatoms. The van der Waals surface area contributed by atoms with Crippen LogP contribution in [0.1, 0.15) is 27.2 Å². The zero-order valence-electron chi connectivity index (χ0n) is 19.1. The fourth-order valence-electron chi connectivity index (χ4n) is 4.04. The third-order valence-corrected chi connectivity index (χ3v) is 6.02. The molecule has 2 fully saturated rings. The lowest BCUT2D eigenvalue weighted by atomic mass is 10.1. The molecule has 0 spiro atoms. The number of carbonyl (C=O) groups is 1. The van der Waals surface area contributed by atoms with E-state index in [1.54, 1.807) is 19.4 Å². The highest BCUT2D eigenvalue weighted by atomic mass is 127. The average Bonchev–Trinajstić information content (AvgIpc) is 3.14. The summed E-state index contributed by atoms with van der Waals surface area (Å²) in [4.78, 5) is 32.0. The van der Waals surface area contributed by atoms with Crippen LogP contribution in [0.4, 0.5) is 5.95 Å². The zero-order valence-corrected chi connectivity index (χ0v) is 21.5. The maximum absolute atomic E-state index is 12.6. The molecule has 3 rings (SSSR count). The second-order valence-corrected chi connectivity index (χ2v) is 8.44. The van der Waals surface area contributed by atoms with Crippen molar-refractivity contribution in [2.75, 3.05) is 57.8 Å². The number of hydrogen-bond acceptors (Lipinski definition) is 6. The number of nitrogens with one attached hydrogen (secondary N) is 2. The van der Waals surface area contributed by atoms with Gasteiger partial charge in [-0.1, -0.05) is 6.92 Å². The first kappa shape index (κ1) is 25.6. The number of carbonyl (C=O) groups excluding carboxylic acids is 1. The molecule has 0 aromatic carbocycles. The summed E-state index contributed by atoms with van der Waals surface area (Å²) in [6.07, 6.45) is 3.96. The number of halogens is 1. The van der Waals surface area contributed by atoms with E-state index in [-0.39, 0.29) is 29.9 Å². The number of rotatable bonds is 6. The van der Waals surface area contributed by atoms with Gasteiger partial charge in [-0.3, -0.25) is 14.7 Å². The fraction of sp³-hybridized carbons (Fsp3) is 0.714. The lowest BCUT2D eigenvalue weighted by Gasteiger charge is -2.34. The number of hydrogen-bond donors (Lipinski definition) is 2. The largest absolute Gasteiger partial charge is 0.356 e. The molecule has 2 unspecified atom stereocenters. The van der Waals surface area contributed by atoms with Gasteiger partial charge in [0.15, 0.2) is 5.96 Å². The Morgan fingerprint density at radius 3 is 2.45 bits per heavy atom. The van der Waals surface area contributed by atoms with Gasteiger partial charge in [-0.25, -0.2) is 9.97 Å². The highest BCUT2D eigenvalue weighted by molar-refractivity contribution is 14.0. The number of guanidine groups is 1. The van der Waals surface area contributed by atoms with E-state index in [1.165, 1.54) is 0 Å². The van der Waals surface area contributed by atoms with Gasteiger partial charge in [0.05, 0.1) is 0 Å². The molecule has 2 saturated heterocycles. The van der Waals surface area contributed by atoms with E-state index in [4.69, 9.17) is 0 Å². The Morgan fingerprint density at radius 1 is 1.19 bits per heavy atom. The fourth-order valence-corrected chi connectivity index (χ4v) is 4.04. The molecule has 1 amide bonds. The van der Waals surface area contributed by atoms with Crippen molar-refractivity contribution in [3.05, 3.63) is 18.5 Å². The maximum Gasteiger partial charge on any atom is 0.225 e. The van der Waals surface area contributed by atoms with Crippen molar-refractivity contribution in [3.63, 3.8) is 0 Å². The monoisotopic (exact) mass is 544 g/mol. The molecule has 0 bridgehead atoms. The molecule has 1 aromatic heterocycles. The summed E-state index contributed by atoms with van der Waals surface area (Å²) in [6, 6.07) is 2.75. The molecule has 2 aliphatic heterocycles. The van der Waals surface area contributed by atoms with Crippen molar-refractivity contribution in [1.29, 1.82) is 0 Å². The van der Waals surface area contributed by atoms with Crippen molar-refractivity contribution in [2.45, 2.75) is 39.3 Å². The molecule has 2 N–H and O–H groups in total. The number of aliphatic imine (C=N–C) groups is 1. The van der Waals surface area contributed by atoms with Crippen molar-refractivity contribution < 1.29 is 4.79 Å². The van der Waals surface area contributed by atoms with Gasteiger partial charge in [-0.2, -0.15) is 0 Å². The predicted octanol–water partition coefficient (Wildman–Crippen LogP) is 1.03. The number of likely N-dealkylation sites (tertiary alicyclic amines) is 1. The van der Waals surface area contributed by atoms with Crippen molar-refractivity contribution in [3.8, 4) is 0 Å². The molecule has 0 aliphatic carbocycles. The molecule has 2 aliphatic rings. The predicted molar refractivity (Wildman–Crippen MR) is 135 cm³/mol. The summed E-state index contributed by atoms with van der Waals surface area (Å²) in [7, 11) is 1.78. The Morgan fingerprint density at radius 2 is 1.87 bits per heavy atom. The van der Waals surface area contributed by atoms with Crippen molar-refractivity contribution in [2.24, 2.45) is 10.9 Å². The Balaban J connectivity index is 0.00000341. The Labute approximate surface area is 203 Å². The van der Waals surface area contributed by atoms with Gasteiger partial charge in [0, 0.05) is 83.8 Å². The first-order chi connectivity index (χ1) is 14.5. The van der Waals surface area contributed by atoms with Gasteiger partial charge in [0.25, 0.3) is 0 Å². The van der Waals surface area contributed by atoms with Gasteiger partial charge < -0.3 is 20.4 Å². The minimum absolute atomic E-state index is 0. The van der Waals surface area contributed by atoms with E-state index < -0.39 is 0 Å². The van der Waals surface area contributed by atoms with Crippen LogP contribution in [0, 0.1) is 5.92 Å². The van der Waals surface area contributed by atoms with E-state index in [1.807, 2.05) is 11.0 Å². The highest BCUT2D eigenvalue weighted by Gasteiger charge is 2.31. The molecule has 0 radical (unpaired) electrons. The van der Waals surface area contributed by atoms with Crippen LogP contribution >= 0.6 is 24.0 Å². The van der Waals surface area contributed by atoms with E-state index >= 15 is 0 Å². The molecule has 174 valence electrons. The maximum atomic E-state index is 12.6. The second kappa shape index (κ2) is 12.4. The first-order valence-electron chi connectivity index (χ1n) is 11.0. The van der Waals surface area contributed by atoms with Crippen LogP contribution in [0.5, 0.6) is 0 Å². The molecule has 2 atom stereocenters. The molecular weight excluding hydrogens is 507 g/mol.